The molecule has 0 spiro atoms. The zero-order valence-electron chi connectivity index (χ0n) is 5.89. The van der Waals surface area contributed by atoms with Gasteiger partial charge in [-0.3, -0.25) is 0 Å². The summed E-state index contributed by atoms with van der Waals surface area (Å²) in [6.07, 6.45) is 0. The van der Waals surface area contributed by atoms with Gasteiger partial charge in [0.15, 0.2) is 0 Å². The molecule has 1 radical (unpaired) electrons. The smallest absolute Gasteiger partial charge is 0.137 e. The molecule has 0 heterocycles. The summed E-state index contributed by atoms with van der Waals surface area (Å²) in [7, 11) is 1.53. The van der Waals surface area contributed by atoms with E-state index in [4.69, 9.17) is 10.00 Å². The SMILES string of the molecule is COc1c[c]c(Br)cc1C#N. The van der Waals surface area contributed by atoms with Gasteiger partial charge in [-0.2, -0.15) is 5.26 Å². The molecule has 1 aromatic rings. The van der Waals surface area contributed by atoms with Crippen LogP contribution in [0.15, 0.2) is 16.6 Å². The first-order valence-corrected chi connectivity index (χ1v) is 3.72. The Morgan fingerprint density at radius 1 is 1.73 bits per heavy atom. The molecule has 3 heteroatoms. The number of hydrogen-bond donors (Lipinski definition) is 0. The second-order valence-corrected chi connectivity index (χ2v) is 2.73. The minimum atomic E-state index is 0.512. The topological polar surface area (TPSA) is 33.0 Å². The molecular weight excluding hydrogens is 206 g/mol. The van der Waals surface area contributed by atoms with Gasteiger partial charge >= 0.3 is 0 Å². The van der Waals surface area contributed by atoms with Crippen molar-refractivity contribution in [2.24, 2.45) is 0 Å². The van der Waals surface area contributed by atoms with Crippen LogP contribution in [-0.4, -0.2) is 7.11 Å². The quantitative estimate of drug-likeness (QED) is 0.712. The summed E-state index contributed by atoms with van der Waals surface area (Å²) in [4.78, 5) is 0. The average molecular weight is 211 g/mol. The van der Waals surface area contributed by atoms with Crippen LogP contribution in [0.3, 0.4) is 0 Å². The van der Waals surface area contributed by atoms with Crippen molar-refractivity contribution < 1.29 is 4.74 Å². The van der Waals surface area contributed by atoms with Crippen LogP contribution in [0, 0.1) is 17.4 Å². The summed E-state index contributed by atoms with van der Waals surface area (Å²) < 4.78 is 5.68. The Bertz CT molecular complexity index is 303. The number of nitriles is 1. The summed E-state index contributed by atoms with van der Waals surface area (Å²) in [5.41, 5.74) is 0.512. The molecule has 1 rings (SSSR count). The van der Waals surface area contributed by atoms with E-state index in [1.54, 1.807) is 12.1 Å². The highest BCUT2D eigenvalue weighted by atomic mass is 79.9. The van der Waals surface area contributed by atoms with Gasteiger partial charge in [0.25, 0.3) is 0 Å². The molecule has 0 saturated heterocycles. The largest absolute Gasteiger partial charge is 0.495 e. The molecule has 0 unspecified atom stereocenters. The molecule has 0 amide bonds. The van der Waals surface area contributed by atoms with Gasteiger partial charge in [0.2, 0.25) is 0 Å². The van der Waals surface area contributed by atoms with Gasteiger partial charge in [-0.15, -0.1) is 0 Å². The van der Waals surface area contributed by atoms with E-state index in [9.17, 15) is 0 Å². The lowest BCUT2D eigenvalue weighted by Crippen LogP contribution is -1.86. The Hall–Kier alpha value is -1.01. The highest BCUT2D eigenvalue weighted by Gasteiger charge is 2.00. The van der Waals surface area contributed by atoms with Crippen molar-refractivity contribution in [3.63, 3.8) is 0 Å². The number of methoxy groups -OCH3 is 1. The van der Waals surface area contributed by atoms with Crippen molar-refractivity contribution in [3.8, 4) is 11.8 Å². The maximum Gasteiger partial charge on any atom is 0.137 e. The highest BCUT2D eigenvalue weighted by molar-refractivity contribution is 9.10. The molecule has 0 atom stereocenters. The standard InChI is InChI=1S/C8H5BrNO/c1-11-8-3-2-7(9)4-6(8)5-10/h3-4H,1H3. The molecule has 1 aromatic carbocycles. The Kier molecular flexibility index (Phi) is 2.50. The summed E-state index contributed by atoms with van der Waals surface area (Å²) in [6, 6.07) is 8.17. The number of benzene rings is 1. The fraction of sp³-hybridized carbons (Fsp3) is 0.125. The second kappa shape index (κ2) is 3.40. The lowest BCUT2D eigenvalue weighted by molar-refractivity contribution is 0.413. The Morgan fingerprint density at radius 3 is 3.00 bits per heavy atom. The third kappa shape index (κ3) is 1.72. The molecular formula is C8H5BrNO. The summed E-state index contributed by atoms with van der Waals surface area (Å²) >= 11 is 3.20. The van der Waals surface area contributed by atoms with Crippen LogP contribution in [-0.2, 0) is 0 Å². The Morgan fingerprint density at radius 2 is 2.45 bits per heavy atom. The van der Waals surface area contributed by atoms with Crippen LogP contribution < -0.4 is 4.74 Å². The van der Waals surface area contributed by atoms with E-state index in [0.29, 0.717) is 11.3 Å². The zero-order valence-corrected chi connectivity index (χ0v) is 7.47. The van der Waals surface area contributed by atoms with Gasteiger partial charge in [-0.05, 0) is 12.1 Å². The molecule has 0 aliphatic heterocycles. The van der Waals surface area contributed by atoms with Gasteiger partial charge in [-0.25, -0.2) is 0 Å². The normalized spacial score (nSPS) is 8.82. The van der Waals surface area contributed by atoms with Crippen LogP contribution in [0.1, 0.15) is 5.56 Å². The predicted molar refractivity (Wildman–Crippen MR) is 44.2 cm³/mol. The van der Waals surface area contributed by atoms with E-state index in [2.05, 4.69) is 22.0 Å². The van der Waals surface area contributed by atoms with E-state index < -0.39 is 0 Å². The second-order valence-electron chi connectivity index (χ2n) is 1.87. The van der Waals surface area contributed by atoms with Crippen molar-refractivity contribution in [1.29, 1.82) is 5.26 Å². The number of nitrogens with zero attached hydrogens (tertiary/aromatic N) is 1. The minimum Gasteiger partial charge on any atom is -0.495 e. The van der Waals surface area contributed by atoms with E-state index >= 15 is 0 Å². The fourth-order valence-corrected chi connectivity index (χ4v) is 1.05. The maximum atomic E-state index is 8.61. The first-order chi connectivity index (χ1) is 5.27. The number of halogens is 1. The van der Waals surface area contributed by atoms with E-state index in [1.165, 1.54) is 7.11 Å². The van der Waals surface area contributed by atoms with Gasteiger partial charge in [0.05, 0.1) is 12.7 Å². The van der Waals surface area contributed by atoms with Crippen molar-refractivity contribution in [3.05, 3.63) is 28.2 Å². The maximum absolute atomic E-state index is 8.61. The summed E-state index contributed by atoms with van der Waals surface area (Å²) in [5, 5.41) is 8.61. The fourth-order valence-electron chi connectivity index (χ4n) is 0.708. The summed E-state index contributed by atoms with van der Waals surface area (Å²) in [6.45, 7) is 0. The van der Waals surface area contributed by atoms with Gasteiger partial charge in [-0.1, -0.05) is 15.9 Å². The van der Waals surface area contributed by atoms with E-state index in [0.717, 1.165) is 4.47 Å². The number of ether oxygens (including phenoxy) is 1. The van der Waals surface area contributed by atoms with E-state index in [-0.39, 0.29) is 0 Å². The van der Waals surface area contributed by atoms with Crippen molar-refractivity contribution in [2.45, 2.75) is 0 Å². The molecule has 0 fully saturated rings. The lowest BCUT2D eigenvalue weighted by Gasteiger charge is -2.00. The molecule has 2 nitrogen and oxygen atoms in total. The summed E-state index contributed by atoms with van der Waals surface area (Å²) in [5.74, 6) is 0.552. The molecule has 0 N–H and O–H groups in total. The Balaban J connectivity index is 3.19. The van der Waals surface area contributed by atoms with Crippen molar-refractivity contribution in [1.82, 2.24) is 0 Å². The molecule has 0 aromatic heterocycles. The lowest BCUT2D eigenvalue weighted by atomic mass is 10.2. The van der Waals surface area contributed by atoms with E-state index in [1.807, 2.05) is 6.07 Å². The van der Waals surface area contributed by atoms with Gasteiger partial charge in [0, 0.05) is 10.5 Å². The molecule has 0 aliphatic carbocycles. The molecule has 55 valence electrons. The van der Waals surface area contributed by atoms with Gasteiger partial charge < -0.3 is 4.74 Å². The highest BCUT2D eigenvalue weighted by Crippen LogP contribution is 2.20. The third-order valence-corrected chi connectivity index (χ3v) is 1.68. The molecule has 0 bridgehead atoms. The Labute approximate surface area is 73.5 Å². The first-order valence-electron chi connectivity index (χ1n) is 2.93. The van der Waals surface area contributed by atoms with Crippen LogP contribution in [0.5, 0.6) is 5.75 Å². The van der Waals surface area contributed by atoms with Crippen LogP contribution in [0.2, 0.25) is 0 Å². The minimum absolute atomic E-state index is 0.512. The van der Waals surface area contributed by atoms with Gasteiger partial charge in [0.1, 0.15) is 11.8 Å². The van der Waals surface area contributed by atoms with Crippen LogP contribution in [0.25, 0.3) is 0 Å². The zero-order chi connectivity index (χ0) is 8.27. The average Bonchev–Trinajstić information content (AvgIpc) is 2.04. The van der Waals surface area contributed by atoms with Crippen molar-refractivity contribution >= 4 is 15.9 Å². The molecule has 11 heavy (non-hydrogen) atoms. The first kappa shape index (κ1) is 8.09. The monoisotopic (exact) mass is 210 g/mol. The van der Waals surface area contributed by atoms with Crippen LogP contribution >= 0.6 is 15.9 Å². The van der Waals surface area contributed by atoms with Crippen LogP contribution in [0.4, 0.5) is 0 Å². The number of hydrogen-bond acceptors (Lipinski definition) is 2. The van der Waals surface area contributed by atoms with Crippen molar-refractivity contribution in [2.75, 3.05) is 7.11 Å². The molecule has 0 aliphatic rings. The predicted octanol–water partition coefficient (Wildman–Crippen LogP) is 2.13. The third-order valence-electron chi connectivity index (χ3n) is 1.22. The molecule has 0 saturated carbocycles. The number of rotatable bonds is 1.